The van der Waals surface area contributed by atoms with Crippen LogP contribution in [0, 0.1) is 0 Å². The van der Waals surface area contributed by atoms with E-state index in [4.69, 9.17) is 14.9 Å². The van der Waals surface area contributed by atoms with E-state index in [9.17, 15) is 9.59 Å². The number of nitrogens with one attached hydrogen (secondary N) is 1. The molecule has 17 heavy (non-hydrogen) atoms. The Hall–Kier alpha value is -2.08. The van der Waals surface area contributed by atoms with Crippen molar-refractivity contribution >= 4 is 11.9 Å². The minimum absolute atomic E-state index is 0.217. The summed E-state index contributed by atoms with van der Waals surface area (Å²) in [6, 6.07) is 5.09. The number of amides is 1. The van der Waals surface area contributed by atoms with Gasteiger partial charge in [0, 0.05) is 0 Å². The second-order valence-electron chi connectivity index (χ2n) is 3.25. The Kier molecular flexibility index (Phi) is 4.47. The normalized spacial score (nSPS) is 11.6. The molecular formula is C11H13NO5. The van der Waals surface area contributed by atoms with Crippen LogP contribution in [0.1, 0.15) is 10.4 Å². The van der Waals surface area contributed by atoms with Gasteiger partial charge < -0.3 is 20.3 Å². The van der Waals surface area contributed by atoms with E-state index in [0.29, 0.717) is 5.75 Å². The van der Waals surface area contributed by atoms with Gasteiger partial charge in [-0.2, -0.15) is 0 Å². The number of carbonyl (C=O) groups is 2. The summed E-state index contributed by atoms with van der Waals surface area (Å²) in [4.78, 5) is 22.4. The average Bonchev–Trinajstić information content (AvgIpc) is 2.35. The Labute approximate surface area is 97.8 Å². The summed E-state index contributed by atoms with van der Waals surface area (Å²) in [5.74, 6) is -1.56. The molecule has 0 bridgehead atoms. The molecule has 0 radical (unpaired) electrons. The summed E-state index contributed by atoms with van der Waals surface area (Å²) in [7, 11) is 1.41. The number of carboxylic acid groups (broad SMARTS) is 1. The van der Waals surface area contributed by atoms with Crippen molar-refractivity contribution in [2.45, 2.75) is 6.04 Å². The molecular weight excluding hydrogens is 226 g/mol. The van der Waals surface area contributed by atoms with E-state index in [-0.39, 0.29) is 5.56 Å². The number of hydrogen-bond donors (Lipinski definition) is 3. The molecule has 1 amide bonds. The summed E-state index contributed by atoms with van der Waals surface area (Å²) in [5.41, 5.74) is 0.217. The van der Waals surface area contributed by atoms with Crippen LogP contribution in [0.3, 0.4) is 0 Å². The maximum absolute atomic E-state index is 11.7. The highest BCUT2D eigenvalue weighted by atomic mass is 16.5. The van der Waals surface area contributed by atoms with Crippen molar-refractivity contribution in [2.24, 2.45) is 0 Å². The molecule has 0 aromatic heterocycles. The number of para-hydroxylation sites is 1. The van der Waals surface area contributed by atoms with E-state index in [0.717, 1.165) is 0 Å². The Bertz CT molecular complexity index is 418. The number of ether oxygens (including phenoxy) is 1. The zero-order valence-electron chi connectivity index (χ0n) is 9.21. The Morgan fingerprint density at radius 3 is 2.59 bits per heavy atom. The zero-order chi connectivity index (χ0) is 12.8. The minimum atomic E-state index is -1.33. The lowest BCUT2D eigenvalue weighted by molar-refractivity contribution is -0.140. The molecule has 1 aromatic rings. The Morgan fingerprint density at radius 1 is 1.41 bits per heavy atom. The largest absolute Gasteiger partial charge is 0.496 e. The molecule has 1 rings (SSSR count). The first-order chi connectivity index (χ1) is 8.10. The standard InChI is InChI=1S/C11H13NO5/c1-17-9-5-3-2-4-7(9)10(14)12-8(6-13)11(15)16/h2-5,8,13H,6H2,1H3,(H,12,14)(H,15,16). The van der Waals surface area contributed by atoms with Crippen LogP contribution in [0.5, 0.6) is 5.75 Å². The Morgan fingerprint density at radius 2 is 2.06 bits per heavy atom. The SMILES string of the molecule is COc1ccccc1C(=O)NC(CO)C(=O)O. The third-order valence-corrected chi connectivity index (χ3v) is 2.14. The highest BCUT2D eigenvalue weighted by Crippen LogP contribution is 2.16. The molecule has 0 heterocycles. The summed E-state index contributed by atoms with van der Waals surface area (Å²) in [6.07, 6.45) is 0. The number of hydrogen-bond acceptors (Lipinski definition) is 4. The van der Waals surface area contributed by atoms with Crippen LogP contribution in [0.2, 0.25) is 0 Å². The topological polar surface area (TPSA) is 95.9 Å². The molecule has 0 aliphatic carbocycles. The summed E-state index contributed by atoms with van der Waals surface area (Å²) >= 11 is 0. The first-order valence-corrected chi connectivity index (χ1v) is 4.87. The van der Waals surface area contributed by atoms with E-state index < -0.39 is 24.5 Å². The predicted molar refractivity (Wildman–Crippen MR) is 59.0 cm³/mol. The zero-order valence-corrected chi connectivity index (χ0v) is 9.21. The van der Waals surface area contributed by atoms with Gasteiger partial charge in [0.1, 0.15) is 5.75 Å². The van der Waals surface area contributed by atoms with E-state index in [2.05, 4.69) is 5.32 Å². The van der Waals surface area contributed by atoms with Crippen LogP contribution in [0.25, 0.3) is 0 Å². The van der Waals surface area contributed by atoms with Gasteiger partial charge in [-0.25, -0.2) is 4.79 Å². The van der Waals surface area contributed by atoms with Crippen molar-refractivity contribution in [3.05, 3.63) is 29.8 Å². The minimum Gasteiger partial charge on any atom is -0.496 e. The molecule has 6 heteroatoms. The summed E-state index contributed by atoms with van der Waals surface area (Å²) in [6.45, 7) is -0.670. The second-order valence-corrected chi connectivity index (χ2v) is 3.25. The van der Waals surface area contributed by atoms with Crippen LogP contribution in [-0.2, 0) is 4.79 Å². The van der Waals surface area contributed by atoms with Gasteiger partial charge >= 0.3 is 5.97 Å². The molecule has 0 spiro atoms. The van der Waals surface area contributed by atoms with Crippen molar-refractivity contribution in [1.29, 1.82) is 0 Å². The lowest BCUT2D eigenvalue weighted by atomic mass is 10.1. The summed E-state index contributed by atoms with van der Waals surface area (Å²) < 4.78 is 4.97. The van der Waals surface area contributed by atoms with Gasteiger partial charge in [0.05, 0.1) is 19.3 Å². The van der Waals surface area contributed by atoms with Gasteiger partial charge in [0.15, 0.2) is 6.04 Å². The molecule has 0 aliphatic rings. The predicted octanol–water partition coefficient (Wildman–Crippen LogP) is -0.130. The fraction of sp³-hybridized carbons (Fsp3) is 0.273. The second kappa shape index (κ2) is 5.86. The maximum atomic E-state index is 11.7. The van der Waals surface area contributed by atoms with E-state index in [1.807, 2.05) is 0 Å². The fourth-order valence-corrected chi connectivity index (χ4v) is 1.25. The smallest absolute Gasteiger partial charge is 0.328 e. The van der Waals surface area contributed by atoms with E-state index in [1.165, 1.54) is 13.2 Å². The van der Waals surface area contributed by atoms with Gasteiger partial charge in [-0.3, -0.25) is 4.79 Å². The van der Waals surface area contributed by atoms with Gasteiger partial charge in [-0.15, -0.1) is 0 Å². The van der Waals surface area contributed by atoms with Crippen molar-refractivity contribution in [3.8, 4) is 5.75 Å². The van der Waals surface area contributed by atoms with Crippen LogP contribution in [0.15, 0.2) is 24.3 Å². The molecule has 0 aliphatic heterocycles. The van der Waals surface area contributed by atoms with Crippen molar-refractivity contribution < 1.29 is 24.5 Å². The highest BCUT2D eigenvalue weighted by Gasteiger charge is 2.21. The third-order valence-electron chi connectivity index (χ3n) is 2.14. The summed E-state index contributed by atoms with van der Waals surface area (Å²) in [5, 5.41) is 19.7. The van der Waals surface area contributed by atoms with Crippen molar-refractivity contribution in [3.63, 3.8) is 0 Å². The molecule has 6 nitrogen and oxygen atoms in total. The molecule has 0 saturated heterocycles. The van der Waals surface area contributed by atoms with E-state index >= 15 is 0 Å². The maximum Gasteiger partial charge on any atom is 0.328 e. The molecule has 92 valence electrons. The van der Waals surface area contributed by atoms with Gasteiger partial charge in [0.25, 0.3) is 5.91 Å². The van der Waals surface area contributed by atoms with E-state index in [1.54, 1.807) is 18.2 Å². The molecule has 1 aromatic carbocycles. The van der Waals surface area contributed by atoms with Crippen LogP contribution < -0.4 is 10.1 Å². The van der Waals surface area contributed by atoms with Crippen LogP contribution in [0.4, 0.5) is 0 Å². The molecule has 3 N–H and O–H groups in total. The molecule has 1 atom stereocenters. The number of carboxylic acids is 1. The number of aliphatic hydroxyl groups is 1. The van der Waals surface area contributed by atoms with Crippen LogP contribution in [-0.4, -0.2) is 41.8 Å². The first-order valence-electron chi connectivity index (χ1n) is 4.87. The molecule has 0 saturated carbocycles. The van der Waals surface area contributed by atoms with Crippen molar-refractivity contribution in [1.82, 2.24) is 5.32 Å². The number of benzene rings is 1. The van der Waals surface area contributed by atoms with Gasteiger partial charge in [-0.1, -0.05) is 12.1 Å². The highest BCUT2D eigenvalue weighted by molar-refractivity contribution is 5.98. The quantitative estimate of drug-likeness (QED) is 0.665. The monoisotopic (exact) mass is 239 g/mol. The average molecular weight is 239 g/mol. The lowest BCUT2D eigenvalue weighted by Crippen LogP contribution is -2.43. The van der Waals surface area contributed by atoms with Crippen molar-refractivity contribution in [2.75, 3.05) is 13.7 Å². The lowest BCUT2D eigenvalue weighted by Gasteiger charge is -2.13. The molecule has 0 fully saturated rings. The Balaban J connectivity index is 2.86. The fourth-order valence-electron chi connectivity index (χ4n) is 1.25. The van der Waals surface area contributed by atoms with Crippen LogP contribution >= 0.6 is 0 Å². The molecule has 1 unspecified atom stereocenters. The van der Waals surface area contributed by atoms with Gasteiger partial charge in [0.2, 0.25) is 0 Å². The number of aliphatic hydroxyl groups excluding tert-OH is 1. The number of rotatable bonds is 5. The number of carbonyl (C=O) groups excluding carboxylic acids is 1. The van der Waals surface area contributed by atoms with Gasteiger partial charge in [-0.05, 0) is 12.1 Å². The number of methoxy groups -OCH3 is 1. The first kappa shape index (κ1) is 13.0. The number of aliphatic carboxylic acids is 1. The third kappa shape index (κ3) is 3.18.